The second-order valence-electron chi connectivity index (χ2n) is 7.72. The van der Waals surface area contributed by atoms with Crippen LogP contribution >= 0.6 is 34.8 Å². The minimum atomic E-state index is -5.86. The molecular formula is C23H14Cl3F9N2O2. The lowest BCUT2D eigenvalue weighted by Gasteiger charge is -2.24. The van der Waals surface area contributed by atoms with Gasteiger partial charge in [0.25, 0.3) is 11.8 Å². The molecule has 2 aromatic carbocycles. The predicted octanol–water partition coefficient (Wildman–Crippen LogP) is 7.86. The van der Waals surface area contributed by atoms with E-state index >= 15 is 0 Å². The molecular weight excluding hydrogens is 614 g/mol. The Morgan fingerprint density at radius 1 is 0.821 bits per heavy atom. The zero-order valence-electron chi connectivity index (χ0n) is 18.8. The third-order valence-corrected chi connectivity index (χ3v) is 6.04. The molecule has 0 heterocycles. The number of rotatable bonds is 7. The van der Waals surface area contributed by atoms with Crippen LogP contribution in [0.5, 0.6) is 0 Å². The first-order valence-electron chi connectivity index (χ1n) is 10.2. The number of carbonyl (C=O) groups is 2. The van der Waals surface area contributed by atoms with Crippen LogP contribution < -0.4 is 10.6 Å². The molecule has 2 N–H and O–H groups in total. The van der Waals surface area contributed by atoms with E-state index in [1.54, 1.807) is 5.32 Å². The zero-order chi connectivity index (χ0) is 29.9. The van der Waals surface area contributed by atoms with Crippen LogP contribution in [0.1, 0.15) is 27.4 Å². The molecule has 0 radical (unpaired) electrons. The Labute approximate surface area is 229 Å². The van der Waals surface area contributed by atoms with E-state index in [4.69, 9.17) is 34.8 Å². The van der Waals surface area contributed by atoms with Crippen LogP contribution in [-0.2, 0) is 4.79 Å². The maximum atomic E-state index is 13.6. The van der Waals surface area contributed by atoms with Crippen molar-refractivity contribution < 1.29 is 49.1 Å². The Morgan fingerprint density at radius 3 is 1.74 bits per heavy atom. The first-order chi connectivity index (χ1) is 17.7. The fourth-order valence-electron chi connectivity index (χ4n) is 2.95. The van der Waals surface area contributed by atoms with Crippen molar-refractivity contribution >= 4 is 52.7 Å². The largest absolute Gasteiger partial charge is 0.417 e. The third kappa shape index (κ3) is 8.80. The van der Waals surface area contributed by atoms with Gasteiger partial charge in [-0.15, -0.1) is 0 Å². The number of hydrogen-bond acceptors (Lipinski definition) is 2. The number of allylic oxidation sites excluding steroid dienone is 1. The summed E-state index contributed by atoms with van der Waals surface area (Å²) in [7, 11) is 0. The molecule has 0 saturated carbocycles. The molecule has 1 unspecified atom stereocenters. The molecule has 2 amide bonds. The van der Waals surface area contributed by atoms with Crippen LogP contribution in [0.4, 0.5) is 39.5 Å². The van der Waals surface area contributed by atoms with Crippen molar-refractivity contribution in [1.29, 1.82) is 0 Å². The Kier molecular flexibility index (Phi) is 10.0. The van der Waals surface area contributed by atoms with Crippen LogP contribution in [-0.4, -0.2) is 36.4 Å². The van der Waals surface area contributed by atoms with E-state index in [-0.39, 0.29) is 31.8 Å². The van der Waals surface area contributed by atoms with Gasteiger partial charge in [-0.25, -0.2) is 0 Å². The molecule has 0 aliphatic carbocycles. The number of amides is 2. The summed E-state index contributed by atoms with van der Waals surface area (Å²) in [5.74, 6) is -5.23. The van der Waals surface area contributed by atoms with Gasteiger partial charge in [-0.1, -0.05) is 65.7 Å². The summed E-state index contributed by atoms with van der Waals surface area (Å²) in [6, 6.07) is 2.33. The van der Waals surface area contributed by atoms with Crippen LogP contribution in [0, 0.1) is 0 Å². The predicted molar refractivity (Wildman–Crippen MR) is 126 cm³/mol. The molecule has 0 aliphatic heterocycles. The van der Waals surface area contributed by atoms with Gasteiger partial charge in [0.05, 0.1) is 26.7 Å². The first-order valence-corrected chi connectivity index (χ1v) is 11.3. The van der Waals surface area contributed by atoms with E-state index in [0.717, 1.165) is 36.4 Å². The number of hydrogen-bond donors (Lipinski definition) is 2. The van der Waals surface area contributed by atoms with Crippen LogP contribution in [0.2, 0.25) is 15.1 Å². The van der Waals surface area contributed by atoms with Crippen molar-refractivity contribution in [3.05, 3.63) is 86.5 Å². The van der Waals surface area contributed by atoms with Gasteiger partial charge in [-0.05, 0) is 35.4 Å². The van der Waals surface area contributed by atoms with Crippen molar-refractivity contribution in [1.82, 2.24) is 10.6 Å². The molecule has 0 fully saturated rings. The topological polar surface area (TPSA) is 58.2 Å². The monoisotopic (exact) mass is 626 g/mol. The van der Waals surface area contributed by atoms with Crippen molar-refractivity contribution in [2.24, 2.45) is 0 Å². The van der Waals surface area contributed by atoms with Gasteiger partial charge in [0.1, 0.15) is 0 Å². The van der Waals surface area contributed by atoms with Gasteiger partial charge < -0.3 is 10.6 Å². The normalized spacial score (nSPS) is 13.5. The highest BCUT2D eigenvalue weighted by Crippen LogP contribution is 2.41. The van der Waals surface area contributed by atoms with Crippen molar-refractivity contribution in [2.45, 2.75) is 30.5 Å². The van der Waals surface area contributed by atoms with Gasteiger partial charge in [0.15, 0.2) is 0 Å². The quantitative estimate of drug-likeness (QED) is 0.187. The SMILES string of the molecule is C=C(NC(=O)c1ccc(/C=C/C(c2cc(Cl)c(Cl)c(Cl)c2)C(F)(F)F)cc1)C(=O)NC(C(F)(F)F)C(F)(F)F. The lowest BCUT2D eigenvalue weighted by Crippen LogP contribution is -2.55. The molecule has 0 spiro atoms. The average Bonchev–Trinajstić information content (AvgIpc) is 2.78. The number of carbonyl (C=O) groups excluding carboxylic acids is 2. The van der Waals surface area contributed by atoms with E-state index in [1.807, 2.05) is 0 Å². The number of halogens is 12. The molecule has 0 saturated heterocycles. The van der Waals surface area contributed by atoms with Gasteiger partial charge in [-0.3, -0.25) is 9.59 Å². The molecule has 212 valence electrons. The van der Waals surface area contributed by atoms with Crippen molar-refractivity contribution in [3.63, 3.8) is 0 Å². The fraction of sp³-hybridized carbons (Fsp3) is 0.217. The van der Waals surface area contributed by atoms with Gasteiger partial charge >= 0.3 is 18.5 Å². The summed E-state index contributed by atoms with van der Waals surface area (Å²) in [4.78, 5) is 24.0. The number of nitrogens with one attached hydrogen (secondary N) is 2. The third-order valence-electron chi connectivity index (χ3n) is 4.84. The molecule has 16 heteroatoms. The number of alkyl halides is 9. The first kappa shape index (κ1) is 32.3. The molecule has 2 aromatic rings. The second-order valence-corrected chi connectivity index (χ2v) is 8.91. The molecule has 0 bridgehead atoms. The smallest absolute Gasteiger partial charge is 0.332 e. The van der Waals surface area contributed by atoms with Gasteiger partial charge in [0.2, 0.25) is 6.04 Å². The van der Waals surface area contributed by atoms with Crippen LogP contribution in [0.25, 0.3) is 6.08 Å². The van der Waals surface area contributed by atoms with Crippen LogP contribution in [0.3, 0.4) is 0 Å². The maximum absolute atomic E-state index is 13.6. The molecule has 1 atom stereocenters. The second kappa shape index (κ2) is 12.1. The summed E-state index contributed by atoms with van der Waals surface area (Å²) < 4.78 is 117. The lowest BCUT2D eigenvalue weighted by molar-refractivity contribution is -0.257. The zero-order valence-corrected chi connectivity index (χ0v) is 21.1. The van der Waals surface area contributed by atoms with E-state index in [1.165, 1.54) is 12.1 Å². The summed E-state index contributed by atoms with van der Waals surface area (Å²) in [6.45, 7) is 2.95. The molecule has 0 aliphatic rings. The van der Waals surface area contributed by atoms with Gasteiger partial charge in [-0.2, -0.15) is 39.5 Å². The standard InChI is InChI=1S/C23H14Cl3F9N2O2/c1-10(18(38)37-20(22(30,31)32)23(33,34)35)36-19(39)12-5-2-11(3-6-12)4-7-14(21(27,28)29)13-8-15(24)17(26)16(25)9-13/h2-9,14,20H,1H2,(H,36,39)(H,37,38)/b7-4+. The Morgan fingerprint density at radius 2 is 1.31 bits per heavy atom. The minimum Gasteiger partial charge on any atom is -0.332 e. The highest BCUT2D eigenvalue weighted by atomic mass is 35.5. The maximum Gasteiger partial charge on any atom is 0.417 e. The minimum absolute atomic E-state index is 0.124. The molecule has 4 nitrogen and oxygen atoms in total. The van der Waals surface area contributed by atoms with E-state index in [9.17, 15) is 49.1 Å². The molecule has 0 aromatic heterocycles. The summed E-state index contributed by atoms with van der Waals surface area (Å²) in [6.07, 6.45) is -14.6. The summed E-state index contributed by atoms with van der Waals surface area (Å²) >= 11 is 17.4. The molecule has 2 rings (SSSR count). The Balaban J connectivity index is 2.15. The van der Waals surface area contributed by atoms with Crippen LogP contribution in [0.15, 0.2) is 54.8 Å². The van der Waals surface area contributed by atoms with Gasteiger partial charge in [0, 0.05) is 5.56 Å². The summed E-state index contributed by atoms with van der Waals surface area (Å²) in [5.41, 5.74) is -1.49. The summed E-state index contributed by atoms with van der Waals surface area (Å²) in [5, 5.41) is 1.93. The Bertz CT molecular complexity index is 1230. The number of benzene rings is 2. The van der Waals surface area contributed by atoms with Crippen molar-refractivity contribution in [3.8, 4) is 0 Å². The fourth-order valence-corrected chi connectivity index (χ4v) is 3.56. The highest BCUT2D eigenvalue weighted by Gasteiger charge is 2.57. The van der Waals surface area contributed by atoms with E-state index < -0.39 is 48.0 Å². The average molecular weight is 628 g/mol. The molecule has 39 heavy (non-hydrogen) atoms. The lowest BCUT2D eigenvalue weighted by atomic mass is 9.97. The van der Waals surface area contributed by atoms with E-state index in [0.29, 0.717) is 5.32 Å². The Hall–Kier alpha value is -2.90. The van der Waals surface area contributed by atoms with Crippen molar-refractivity contribution in [2.75, 3.05) is 0 Å². The van der Waals surface area contributed by atoms with E-state index in [2.05, 4.69) is 6.58 Å². The highest BCUT2D eigenvalue weighted by molar-refractivity contribution is 6.48.